The highest BCUT2D eigenvalue weighted by atomic mass is 32.1. The summed E-state index contributed by atoms with van der Waals surface area (Å²) in [7, 11) is 1.94. The first-order chi connectivity index (χ1) is 10.6. The minimum atomic E-state index is 0.0423. The van der Waals surface area contributed by atoms with Crippen molar-refractivity contribution in [1.29, 1.82) is 0 Å². The number of nitrogens with zero attached hydrogens (tertiary/aromatic N) is 3. The fourth-order valence-electron chi connectivity index (χ4n) is 2.97. The van der Waals surface area contributed by atoms with E-state index < -0.39 is 0 Å². The highest BCUT2D eigenvalue weighted by molar-refractivity contribution is 7.19. The molecule has 3 rings (SSSR count). The molecule has 2 aromatic heterocycles. The Balaban J connectivity index is 1.93. The molecule has 0 saturated heterocycles. The van der Waals surface area contributed by atoms with Crippen molar-refractivity contribution in [3.63, 3.8) is 0 Å². The first-order valence-electron chi connectivity index (χ1n) is 7.87. The molecular formula is C16H22N4OS. The van der Waals surface area contributed by atoms with Crippen LogP contribution < -0.4 is 10.2 Å². The fourth-order valence-corrected chi connectivity index (χ4v) is 4.27. The summed E-state index contributed by atoms with van der Waals surface area (Å²) in [5, 5.41) is 4.08. The van der Waals surface area contributed by atoms with Crippen LogP contribution in [0.3, 0.4) is 0 Å². The molecule has 0 spiro atoms. The second kappa shape index (κ2) is 6.20. The lowest BCUT2D eigenvalue weighted by Gasteiger charge is -2.19. The second-order valence-electron chi connectivity index (χ2n) is 5.84. The van der Waals surface area contributed by atoms with Crippen LogP contribution in [0.2, 0.25) is 0 Å². The van der Waals surface area contributed by atoms with Crippen LogP contribution >= 0.6 is 11.3 Å². The normalized spacial score (nSPS) is 13.4. The van der Waals surface area contributed by atoms with Gasteiger partial charge in [-0.25, -0.2) is 9.97 Å². The van der Waals surface area contributed by atoms with Gasteiger partial charge in [-0.1, -0.05) is 6.92 Å². The molecule has 6 heteroatoms. The third-order valence-electron chi connectivity index (χ3n) is 3.97. The molecule has 0 aliphatic heterocycles. The molecule has 0 aromatic carbocycles. The van der Waals surface area contributed by atoms with Gasteiger partial charge in [0.15, 0.2) is 0 Å². The Morgan fingerprint density at radius 3 is 2.95 bits per heavy atom. The summed E-state index contributed by atoms with van der Waals surface area (Å²) >= 11 is 1.79. The zero-order chi connectivity index (χ0) is 15.7. The Labute approximate surface area is 134 Å². The number of aromatic nitrogens is 2. The molecule has 1 amide bonds. The number of anilines is 1. The molecule has 0 saturated carbocycles. The van der Waals surface area contributed by atoms with E-state index in [9.17, 15) is 4.79 Å². The van der Waals surface area contributed by atoms with Crippen LogP contribution in [-0.2, 0) is 17.6 Å². The highest BCUT2D eigenvalue weighted by Gasteiger charge is 2.23. The van der Waals surface area contributed by atoms with Crippen LogP contribution in [0.25, 0.3) is 10.2 Å². The zero-order valence-corrected chi connectivity index (χ0v) is 14.2. The van der Waals surface area contributed by atoms with Crippen LogP contribution in [0.1, 0.15) is 36.0 Å². The van der Waals surface area contributed by atoms with Crippen molar-refractivity contribution < 1.29 is 4.79 Å². The maximum atomic E-state index is 12.0. The number of likely N-dealkylation sites (N-methyl/N-ethyl adjacent to an activating group) is 1. The molecule has 1 aliphatic rings. The lowest BCUT2D eigenvalue weighted by molar-refractivity contribution is -0.119. The van der Waals surface area contributed by atoms with Gasteiger partial charge in [-0.2, -0.15) is 0 Å². The lowest BCUT2D eigenvalue weighted by atomic mass is 10.2. The predicted molar refractivity (Wildman–Crippen MR) is 90.7 cm³/mol. The Kier molecular flexibility index (Phi) is 4.29. The molecule has 1 aliphatic carbocycles. The summed E-state index contributed by atoms with van der Waals surface area (Å²) < 4.78 is 0. The van der Waals surface area contributed by atoms with Crippen LogP contribution in [-0.4, -0.2) is 36.0 Å². The molecule has 0 fully saturated rings. The number of fused-ring (bicyclic) bond motifs is 3. The first kappa shape index (κ1) is 15.2. The fraction of sp³-hybridized carbons (Fsp3) is 0.562. The van der Waals surface area contributed by atoms with Crippen LogP contribution in [0.15, 0.2) is 0 Å². The molecule has 0 radical (unpaired) electrons. The summed E-state index contributed by atoms with van der Waals surface area (Å²) in [5.74, 6) is 1.71. The van der Waals surface area contributed by atoms with Gasteiger partial charge in [0.2, 0.25) is 5.91 Å². The number of thiophene rings is 1. The zero-order valence-electron chi connectivity index (χ0n) is 13.4. The van der Waals surface area contributed by atoms with Crippen molar-refractivity contribution in [3.05, 3.63) is 16.3 Å². The lowest BCUT2D eigenvalue weighted by Crippen LogP contribution is -2.36. The summed E-state index contributed by atoms with van der Waals surface area (Å²) in [6, 6.07) is 0. The molecular weight excluding hydrogens is 296 g/mol. The number of carbonyl (C=O) groups excluding carboxylic acids is 1. The molecule has 2 heterocycles. The summed E-state index contributed by atoms with van der Waals surface area (Å²) in [6.07, 6.45) is 4.41. The third kappa shape index (κ3) is 2.79. The van der Waals surface area contributed by atoms with Crippen molar-refractivity contribution in [2.24, 2.45) is 0 Å². The topological polar surface area (TPSA) is 58.1 Å². The predicted octanol–water partition coefficient (Wildman–Crippen LogP) is 2.45. The van der Waals surface area contributed by atoms with Crippen LogP contribution in [0.4, 0.5) is 5.82 Å². The van der Waals surface area contributed by atoms with E-state index >= 15 is 0 Å². The minimum absolute atomic E-state index is 0.0423. The van der Waals surface area contributed by atoms with Gasteiger partial charge in [0.25, 0.3) is 0 Å². The minimum Gasteiger partial charge on any atom is -0.355 e. The van der Waals surface area contributed by atoms with Gasteiger partial charge < -0.3 is 10.2 Å². The average Bonchev–Trinajstić information content (AvgIpc) is 3.04. The van der Waals surface area contributed by atoms with E-state index in [0.29, 0.717) is 6.54 Å². The standard InChI is InChI=1S/C16H22N4OS/c1-4-8-17-13(21)9-20(3)15-14-11-6-5-7-12(11)22-16(14)19-10(2)18-15/h4-9H2,1-3H3,(H,17,21). The number of carbonyl (C=O) groups is 1. The van der Waals surface area contributed by atoms with Gasteiger partial charge in [-0.15, -0.1) is 11.3 Å². The first-order valence-corrected chi connectivity index (χ1v) is 8.68. The van der Waals surface area contributed by atoms with Crippen molar-refractivity contribution in [2.45, 2.75) is 39.5 Å². The number of rotatable bonds is 5. The van der Waals surface area contributed by atoms with E-state index in [1.807, 2.05) is 18.9 Å². The Hall–Kier alpha value is -1.69. The van der Waals surface area contributed by atoms with E-state index in [4.69, 9.17) is 0 Å². The van der Waals surface area contributed by atoms with Gasteiger partial charge in [0.05, 0.1) is 11.9 Å². The third-order valence-corrected chi connectivity index (χ3v) is 5.16. The SMILES string of the molecule is CCCNC(=O)CN(C)c1nc(C)nc2sc3c(c12)CCC3. The second-order valence-corrected chi connectivity index (χ2v) is 6.92. The summed E-state index contributed by atoms with van der Waals surface area (Å²) in [4.78, 5) is 25.7. The summed E-state index contributed by atoms with van der Waals surface area (Å²) in [6.45, 7) is 5.02. The molecule has 0 bridgehead atoms. The van der Waals surface area contributed by atoms with Gasteiger partial charge in [0.1, 0.15) is 16.5 Å². The number of hydrogen-bond donors (Lipinski definition) is 1. The smallest absolute Gasteiger partial charge is 0.239 e. The van der Waals surface area contributed by atoms with Crippen molar-refractivity contribution in [2.75, 3.05) is 25.0 Å². The van der Waals surface area contributed by atoms with Crippen molar-refractivity contribution in [1.82, 2.24) is 15.3 Å². The molecule has 0 atom stereocenters. The van der Waals surface area contributed by atoms with E-state index in [1.165, 1.54) is 16.9 Å². The number of aryl methyl sites for hydroxylation is 3. The molecule has 5 nitrogen and oxygen atoms in total. The Morgan fingerprint density at radius 1 is 1.36 bits per heavy atom. The largest absolute Gasteiger partial charge is 0.355 e. The van der Waals surface area contributed by atoms with Crippen LogP contribution in [0.5, 0.6) is 0 Å². The Morgan fingerprint density at radius 2 is 2.18 bits per heavy atom. The van der Waals surface area contributed by atoms with E-state index in [2.05, 4.69) is 22.2 Å². The summed E-state index contributed by atoms with van der Waals surface area (Å²) in [5.41, 5.74) is 1.40. The van der Waals surface area contributed by atoms with Gasteiger partial charge in [-0.05, 0) is 38.2 Å². The number of hydrogen-bond acceptors (Lipinski definition) is 5. The average molecular weight is 318 g/mol. The molecule has 0 unspecified atom stereocenters. The molecule has 2 aromatic rings. The van der Waals surface area contributed by atoms with Crippen molar-refractivity contribution in [3.8, 4) is 0 Å². The van der Waals surface area contributed by atoms with E-state index in [0.717, 1.165) is 47.7 Å². The van der Waals surface area contributed by atoms with Crippen molar-refractivity contribution >= 4 is 33.3 Å². The van der Waals surface area contributed by atoms with E-state index in [-0.39, 0.29) is 5.91 Å². The number of nitrogens with one attached hydrogen (secondary N) is 1. The monoisotopic (exact) mass is 318 g/mol. The van der Waals surface area contributed by atoms with Gasteiger partial charge in [-0.3, -0.25) is 4.79 Å². The van der Waals surface area contributed by atoms with Gasteiger partial charge >= 0.3 is 0 Å². The maximum Gasteiger partial charge on any atom is 0.239 e. The number of amides is 1. The maximum absolute atomic E-state index is 12.0. The van der Waals surface area contributed by atoms with E-state index in [1.54, 1.807) is 11.3 Å². The highest BCUT2D eigenvalue weighted by Crippen LogP contribution is 2.40. The Bertz CT molecular complexity index is 710. The quantitative estimate of drug-likeness (QED) is 0.920. The molecule has 1 N–H and O–H groups in total. The van der Waals surface area contributed by atoms with Gasteiger partial charge in [0, 0.05) is 18.5 Å². The van der Waals surface area contributed by atoms with Crippen LogP contribution in [0, 0.1) is 6.92 Å². The molecule has 22 heavy (non-hydrogen) atoms. The molecule has 118 valence electrons.